The Kier molecular flexibility index (Phi) is 4.42. The first-order chi connectivity index (χ1) is 7.14. The average molecular weight is 212 g/mol. The lowest BCUT2D eigenvalue weighted by Gasteiger charge is -2.36. The molecule has 4 heteroatoms. The molecular formula is C11H20N2O2. The van der Waals surface area contributed by atoms with Gasteiger partial charge in [0, 0.05) is 32.6 Å². The van der Waals surface area contributed by atoms with Crippen LogP contribution in [0.1, 0.15) is 27.2 Å². The summed E-state index contributed by atoms with van der Waals surface area (Å²) in [6.45, 7) is 6.83. The molecular weight excluding hydrogens is 192 g/mol. The van der Waals surface area contributed by atoms with E-state index in [-0.39, 0.29) is 6.23 Å². The summed E-state index contributed by atoms with van der Waals surface area (Å²) in [6, 6.07) is 0. The normalized spacial score (nSPS) is 30.1. The smallest absolute Gasteiger partial charge is 0.205 e. The molecule has 0 radical (unpaired) electrons. The Hall–Kier alpha value is -0.740. The molecule has 1 rings (SSSR count). The van der Waals surface area contributed by atoms with Crippen LogP contribution in [-0.4, -0.2) is 38.1 Å². The number of hydrogen-bond donors (Lipinski definition) is 0. The molecule has 0 saturated heterocycles. The van der Waals surface area contributed by atoms with E-state index in [0.717, 1.165) is 6.42 Å². The predicted molar refractivity (Wildman–Crippen MR) is 61.6 cm³/mol. The van der Waals surface area contributed by atoms with Crippen molar-refractivity contribution in [2.24, 2.45) is 15.9 Å². The van der Waals surface area contributed by atoms with Gasteiger partial charge in [0.2, 0.25) is 5.72 Å². The van der Waals surface area contributed by atoms with Crippen LogP contribution >= 0.6 is 0 Å². The van der Waals surface area contributed by atoms with E-state index in [1.165, 1.54) is 0 Å². The maximum Gasteiger partial charge on any atom is 0.205 e. The van der Waals surface area contributed by atoms with Crippen molar-refractivity contribution in [3.05, 3.63) is 0 Å². The number of ether oxygens (including phenoxy) is 2. The molecule has 86 valence electrons. The van der Waals surface area contributed by atoms with Gasteiger partial charge in [0.05, 0.1) is 0 Å². The SMILES string of the molecule is CCOC1N=CC=NC1(CC(C)C)OC. The molecule has 0 bridgehead atoms. The highest BCUT2D eigenvalue weighted by atomic mass is 16.6. The Morgan fingerprint density at radius 2 is 2.13 bits per heavy atom. The van der Waals surface area contributed by atoms with Crippen molar-refractivity contribution in [1.29, 1.82) is 0 Å². The highest BCUT2D eigenvalue weighted by Gasteiger charge is 2.40. The van der Waals surface area contributed by atoms with Gasteiger partial charge in [-0.15, -0.1) is 0 Å². The van der Waals surface area contributed by atoms with Crippen molar-refractivity contribution in [1.82, 2.24) is 0 Å². The molecule has 0 aliphatic carbocycles. The van der Waals surface area contributed by atoms with Crippen LogP contribution in [0.2, 0.25) is 0 Å². The maximum atomic E-state index is 5.55. The summed E-state index contributed by atoms with van der Waals surface area (Å²) in [7, 11) is 1.66. The average Bonchev–Trinajstić information content (AvgIpc) is 2.20. The van der Waals surface area contributed by atoms with Gasteiger partial charge in [0.15, 0.2) is 6.23 Å². The van der Waals surface area contributed by atoms with Gasteiger partial charge in [-0.25, -0.2) is 0 Å². The van der Waals surface area contributed by atoms with Crippen molar-refractivity contribution in [3.8, 4) is 0 Å². The third-order valence-electron chi connectivity index (χ3n) is 2.35. The Bertz CT molecular complexity index is 251. The van der Waals surface area contributed by atoms with Gasteiger partial charge in [-0.1, -0.05) is 13.8 Å². The van der Waals surface area contributed by atoms with Crippen LogP contribution in [-0.2, 0) is 9.47 Å². The molecule has 1 aliphatic heterocycles. The van der Waals surface area contributed by atoms with Crippen molar-refractivity contribution >= 4 is 12.4 Å². The second-order valence-electron chi connectivity index (χ2n) is 4.03. The number of hydrogen-bond acceptors (Lipinski definition) is 4. The Morgan fingerprint density at radius 1 is 1.40 bits per heavy atom. The lowest BCUT2D eigenvalue weighted by molar-refractivity contribution is -0.129. The monoisotopic (exact) mass is 212 g/mol. The van der Waals surface area contributed by atoms with E-state index in [4.69, 9.17) is 9.47 Å². The van der Waals surface area contributed by atoms with Crippen molar-refractivity contribution < 1.29 is 9.47 Å². The molecule has 0 N–H and O–H groups in total. The molecule has 2 unspecified atom stereocenters. The Morgan fingerprint density at radius 3 is 2.67 bits per heavy atom. The molecule has 2 atom stereocenters. The molecule has 0 spiro atoms. The first-order valence-electron chi connectivity index (χ1n) is 5.38. The van der Waals surface area contributed by atoms with Crippen LogP contribution in [0.3, 0.4) is 0 Å². The first-order valence-corrected chi connectivity index (χ1v) is 5.38. The molecule has 1 aliphatic rings. The minimum absolute atomic E-state index is 0.320. The van der Waals surface area contributed by atoms with Gasteiger partial charge in [0.25, 0.3) is 0 Å². The van der Waals surface area contributed by atoms with E-state index in [2.05, 4.69) is 23.8 Å². The fraction of sp³-hybridized carbons (Fsp3) is 0.818. The van der Waals surface area contributed by atoms with E-state index in [0.29, 0.717) is 12.5 Å². The zero-order valence-corrected chi connectivity index (χ0v) is 9.93. The summed E-state index contributed by atoms with van der Waals surface area (Å²) >= 11 is 0. The Labute approximate surface area is 91.4 Å². The van der Waals surface area contributed by atoms with Crippen LogP contribution in [0.25, 0.3) is 0 Å². The highest BCUT2D eigenvalue weighted by Crippen LogP contribution is 2.30. The zero-order valence-electron chi connectivity index (χ0n) is 9.93. The standard InChI is InChI=1S/C11H20N2O2/c1-5-15-10-11(14-4,8-9(2)3)13-7-6-12-10/h6-7,9-10H,5,8H2,1-4H3. The second kappa shape index (κ2) is 5.37. The van der Waals surface area contributed by atoms with Crippen LogP contribution in [0, 0.1) is 5.92 Å². The molecule has 15 heavy (non-hydrogen) atoms. The summed E-state index contributed by atoms with van der Waals surface area (Å²) in [4.78, 5) is 8.67. The first kappa shape index (κ1) is 12.3. The van der Waals surface area contributed by atoms with Crippen LogP contribution in [0.5, 0.6) is 0 Å². The third-order valence-corrected chi connectivity index (χ3v) is 2.35. The minimum atomic E-state index is -0.640. The molecule has 0 aromatic heterocycles. The summed E-state index contributed by atoms with van der Waals surface area (Å²) in [5.41, 5.74) is -0.640. The van der Waals surface area contributed by atoms with Crippen LogP contribution < -0.4 is 0 Å². The van der Waals surface area contributed by atoms with E-state index in [1.807, 2.05) is 6.92 Å². The summed E-state index contributed by atoms with van der Waals surface area (Å²) in [5, 5.41) is 0. The number of nitrogens with zero attached hydrogens (tertiary/aromatic N) is 2. The quantitative estimate of drug-likeness (QED) is 0.698. The van der Waals surface area contributed by atoms with Gasteiger partial charge in [-0.05, 0) is 12.8 Å². The topological polar surface area (TPSA) is 43.2 Å². The van der Waals surface area contributed by atoms with Gasteiger partial charge in [-0.3, -0.25) is 9.98 Å². The fourth-order valence-corrected chi connectivity index (χ4v) is 1.76. The minimum Gasteiger partial charge on any atom is -0.353 e. The highest BCUT2D eigenvalue weighted by molar-refractivity contribution is 6.16. The lowest BCUT2D eigenvalue weighted by atomic mass is 9.98. The van der Waals surface area contributed by atoms with E-state index >= 15 is 0 Å². The molecule has 1 heterocycles. The maximum absolute atomic E-state index is 5.55. The molecule has 0 saturated carbocycles. The van der Waals surface area contributed by atoms with Crippen molar-refractivity contribution in [3.63, 3.8) is 0 Å². The van der Waals surface area contributed by atoms with E-state index in [9.17, 15) is 0 Å². The number of methoxy groups -OCH3 is 1. The van der Waals surface area contributed by atoms with Gasteiger partial charge in [0.1, 0.15) is 0 Å². The van der Waals surface area contributed by atoms with Crippen molar-refractivity contribution in [2.45, 2.75) is 39.1 Å². The molecule has 4 nitrogen and oxygen atoms in total. The molecule has 0 amide bonds. The van der Waals surface area contributed by atoms with Gasteiger partial charge < -0.3 is 9.47 Å². The van der Waals surface area contributed by atoms with E-state index in [1.54, 1.807) is 19.5 Å². The number of rotatable bonds is 5. The number of aliphatic imine (C=N–C) groups is 2. The largest absolute Gasteiger partial charge is 0.353 e. The molecule has 0 aromatic rings. The summed E-state index contributed by atoms with van der Waals surface area (Å²) in [5.74, 6) is 0.485. The van der Waals surface area contributed by atoms with Crippen LogP contribution in [0.4, 0.5) is 0 Å². The Balaban J connectivity index is 2.82. The van der Waals surface area contributed by atoms with Crippen molar-refractivity contribution in [2.75, 3.05) is 13.7 Å². The third kappa shape index (κ3) is 2.86. The molecule has 0 aromatic carbocycles. The van der Waals surface area contributed by atoms with Gasteiger partial charge in [-0.2, -0.15) is 0 Å². The predicted octanol–water partition coefficient (Wildman–Crippen LogP) is 1.89. The zero-order chi connectivity index (χ0) is 11.3. The summed E-state index contributed by atoms with van der Waals surface area (Å²) in [6.07, 6.45) is 3.83. The second-order valence-corrected chi connectivity index (χ2v) is 4.03. The van der Waals surface area contributed by atoms with E-state index < -0.39 is 5.72 Å². The summed E-state index contributed by atoms with van der Waals surface area (Å²) < 4.78 is 11.1. The van der Waals surface area contributed by atoms with Crippen LogP contribution in [0.15, 0.2) is 9.98 Å². The fourth-order valence-electron chi connectivity index (χ4n) is 1.76. The molecule has 0 fully saturated rings. The lowest BCUT2D eigenvalue weighted by Crippen LogP contribution is -2.46. The van der Waals surface area contributed by atoms with Gasteiger partial charge >= 0.3 is 0 Å².